The maximum Gasteiger partial charge on any atom is 0.141 e. The van der Waals surface area contributed by atoms with E-state index in [-0.39, 0.29) is 6.10 Å². The van der Waals surface area contributed by atoms with Gasteiger partial charge in [-0.3, -0.25) is 4.90 Å². The molecule has 1 saturated carbocycles. The van der Waals surface area contributed by atoms with Crippen molar-refractivity contribution in [3.63, 3.8) is 0 Å². The Morgan fingerprint density at radius 1 is 1.44 bits per heavy atom. The number of rotatable bonds is 7. The van der Waals surface area contributed by atoms with Crippen LogP contribution in [0.1, 0.15) is 32.6 Å². The van der Waals surface area contributed by atoms with Crippen LogP contribution in [0, 0.1) is 17.2 Å². The highest BCUT2D eigenvalue weighted by molar-refractivity contribution is 4.87. The zero-order valence-corrected chi connectivity index (χ0v) is 11.4. The number of hydrogen-bond donors (Lipinski definition) is 1. The van der Waals surface area contributed by atoms with Crippen molar-refractivity contribution in [1.82, 2.24) is 10.2 Å². The largest absolute Gasteiger partial charge is 0.362 e. The lowest BCUT2D eigenvalue weighted by molar-refractivity contribution is 0.0697. The molecule has 0 aromatic heterocycles. The van der Waals surface area contributed by atoms with Gasteiger partial charge in [-0.15, -0.1) is 0 Å². The predicted molar refractivity (Wildman–Crippen MR) is 71.2 cm³/mol. The highest BCUT2D eigenvalue weighted by Crippen LogP contribution is 2.28. The molecule has 2 aliphatic rings. The molecule has 1 saturated heterocycles. The van der Waals surface area contributed by atoms with Gasteiger partial charge in [0.2, 0.25) is 0 Å². The van der Waals surface area contributed by atoms with E-state index in [1.54, 1.807) is 0 Å². The summed E-state index contributed by atoms with van der Waals surface area (Å²) in [6.07, 6.45) is 5.07. The molecule has 2 unspecified atom stereocenters. The monoisotopic (exact) mass is 251 g/mol. The second kappa shape index (κ2) is 7.08. The second-order valence-electron chi connectivity index (χ2n) is 5.58. The summed E-state index contributed by atoms with van der Waals surface area (Å²) in [6.45, 7) is 7.02. The molecule has 0 radical (unpaired) electrons. The van der Waals surface area contributed by atoms with Crippen molar-refractivity contribution in [2.75, 3.05) is 32.8 Å². The van der Waals surface area contributed by atoms with E-state index in [0.29, 0.717) is 6.61 Å². The Morgan fingerprint density at radius 3 is 2.89 bits per heavy atom. The molecule has 0 aromatic rings. The summed E-state index contributed by atoms with van der Waals surface area (Å²) in [7, 11) is 0. The van der Waals surface area contributed by atoms with Crippen LogP contribution >= 0.6 is 0 Å². The van der Waals surface area contributed by atoms with Gasteiger partial charge in [-0.25, -0.2) is 0 Å². The van der Waals surface area contributed by atoms with Gasteiger partial charge >= 0.3 is 0 Å². The summed E-state index contributed by atoms with van der Waals surface area (Å²) in [6, 6.07) is 2.90. The summed E-state index contributed by atoms with van der Waals surface area (Å²) in [4.78, 5) is 2.57. The quantitative estimate of drug-likeness (QED) is 0.742. The third-order valence-electron chi connectivity index (χ3n) is 3.88. The van der Waals surface area contributed by atoms with Gasteiger partial charge in [-0.2, -0.15) is 5.26 Å². The van der Waals surface area contributed by atoms with Crippen LogP contribution in [0.5, 0.6) is 0 Å². The van der Waals surface area contributed by atoms with E-state index in [0.717, 1.165) is 18.5 Å². The van der Waals surface area contributed by atoms with Crippen molar-refractivity contribution >= 4 is 0 Å². The molecule has 1 N–H and O–H groups in total. The van der Waals surface area contributed by atoms with Crippen molar-refractivity contribution in [3.8, 4) is 6.07 Å². The number of piperidine rings is 1. The molecule has 18 heavy (non-hydrogen) atoms. The van der Waals surface area contributed by atoms with Gasteiger partial charge in [-0.05, 0) is 51.6 Å². The summed E-state index contributed by atoms with van der Waals surface area (Å²) < 4.78 is 5.47. The SMILES string of the molecule is CC(C#N)OCCN(CC1CCCNC1)C1CC1. The number of hydrogen-bond acceptors (Lipinski definition) is 4. The molecule has 4 nitrogen and oxygen atoms in total. The Kier molecular flexibility index (Phi) is 5.43. The average Bonchev–Trinajstić information content (AvgIpc) is 3.23. The molecule has 2 atom stereocenters. The first-order valence-electron chi connectivity index (χ1n) is 7.25. The first-order chi connectivity index (χ1) is 8.79. The molecular weight excluding hydrogens is 226 g/mol. The van der Waals surface area contributed by atoms with Gasteiger partial charge in [0.25, 0.3) is 0 Å². The fourth-order valence-electron chi connectivity index (χ4n) is 2.66. The number of ether oxygens (including phenoxy) is 1. The van der Waals surface area contributed by atoms with Crippen molar-refractivity contribution in [2.45, 2.75) is 44.8 Å². The van der Waals surface area contributed by atoms with Gasteiger partial charge in [-0.1, -0.05) is 0 Å². The smallest absolute Gasteiger partial charge is 0.141 e. The van der Waals surface area contributed by atoms with Crippen LogP contribution in [0.4, 0.5) is 0 Å². The summed E-state index contributed by atoms with van der Waals surface area (Å²) >= 11 is 0. The second-order valence-corrected chi connectivity index (χ2v) is 5.58. The highest BCUT2D eigenvalue weighted by Gasteiger charge is 2.30. The van der Waals surface area contributed by atoms with E-state index in [1.165, 1.54) is 45.3 Å². The van der Waals surface area contributed by atoms with Gasteiger partial charge in [0.1, 0.15) is 6.10 Å². The van der Waals surface area contributed by atoms with E-state index >= 15 is 0 Å². The van der Waals surface area contributed by atoms with Gasteiger partial charge in [0.05, 0.1) is 12.7 Å². The first-order valence-corrected chi connectivity index (χ1v) is 7.25. The Hall–Kier alpha value is -0.630. The third-order valence-corrected chi connectivity index (χ3v) is 3.88. The number of nitrogens with one attached hydrogen (secondary N) is 1. The molecular formula is C14H25N3O. The molecule has 0 bridgehead atoms. The van der Waals surface area contributed by atoms with Gasteiger partial charge in [0, 0.05) is 19.1 Å². The van der Waals surface area contributed by atoms with Gasteiger partial charge in [0.15, 0.2) is 0 Å². The topological polar surface area (TPSA) is 48.3 Å². The van der Waals surface area contributed by atoms with Crippen LogP contribution in [-0.4, -0.2) is 49.8 Å². The summed E-state index contributed by atoms with van der Waals surface area (Å²) in [5, 5.41) is 12.2. The van der Waals surface area contributed by atoms with Crippen LogP contribution in [0.25, 0.3) is 0 Å². The number of nitriles is 1. The molecule has 1 aliphatic carbocycles. The highest BCUT2D eigenvalue weighted by atomic mass is 16.5. The Bertz CT molecular complexity index is 279. The molecule has 2 rings (SSSR count). The van der Waals surface area contributed by atoms with Crippen LogP contribution in [0.2, 0.25) is 0 Å². The fourth-order valence-corrected chi connectivity index (χ4v) is 2.66. The normalized spacial score (nSPS) is 25.9. The minimum Gasteiger partial charge on any atom is -0.362 e. The van der Waals surface area contributed by atoms with Crippen molar-refractivity contribution in [3.05, 3.63) is 0 Å². The van der Waals surface area contributed by atoms with E-state index < -0.39 is 0 Å². The average molecular weight is 251 g/mol. The lowest BCUT2D eigenvalue weighted by Gasteiger charge is -2.30. The predicted octanol–water partition coefficient (Wildman–Crippen LogP) is 1.38. The molecule has 4 heteroatoms. The zero-order chi connectivity index (χ0) is 12.8. The minimum absolute atomic E-state index is 0.276. The zero-order valence-electron chi connectivity index (χ0n) is 11.4. The maximum atomic E-state index is 8.69. The van der Waals surface area contributed by atoms with Crippen LogP contribution in [0.15, 0.2) is 0 Å². The molecule has 2 fully saturated rings. The molecule has 0 aromatic carbocycles. The van der Waals surface area contributed by atoms with E-state index in [9.17, 15) is 0 Å². The van der Waals surface area contributed by atoms with E-state index in [1.807, 2.05) is 6.92 Å². The Morgan fingerprint density at radius 2 is 2.28 bits per heavy atom. The van der Waals surface area contributed by atoms with Crippen molar-refractivity contribution in [2.24, 2.45) is 5.92 Å². The fraction of sp³-hybridized carbons (Fsp3) is 0.929. The van der Waals surface area contributed by atoms with Crippen LogP contribution in [0.3, 0.4) is 0 Å². The van der Waals surface area contributed by atoms with Crippen LogP contribution < -0.4 is 5.32 Å². The molecule has 0 spiro atoms. The molecule has 102 valence electrons. The maximum absolute atomic E-state index is 8.69. The lowest BCUT2D eigenvalue weighted by atomic mass is 9.99. The van der Waals surface area contributed by atoms with E-state index in [2.05, 4.69) is 16.3 Å². The Labute approximate surface area is 110 Å². The van der Waals surface area contributed by atoms with Crippen LogP contribution in [-0.2, 0) is 4.74 Å². The number of nitrogens with zero attached hydrogens (tertiary/aromatic N) is 2. The van der Waals surface area contributed by atoms with Crippen molar-refractivity contribution in [1.29, 1.82) is 5.26 Å². The minimum atomic E-state index is -0.276. The molecule has 0 amide bonds. The van der Waals surface area contributed by atoms with Crippen molar-refractivity contribution < 1.29 is 4.74 Å². The summed E-state index contributed by atoms with van der Waals surface area (Å²) in [5.74, 6) is 0.799. The Balaban J connectivity index is 1.68. The lowest BCUT2D eigenvalue weighted by Crippen LogP contribution is -2.40. The molecule has 1 heterocycles. The standard InChI is InChI=1S/C14H25N3O/c1-12(9-15)18-8-7-17(14-4-5-14)11-13-3-2-6-16-10-13/h12-14,16H,2-8,10-11H2,1H3. The first kappa shape index (κ1) is 13.8. The summed E-state index contributed by atoms with van der Waals surface area (Å²) in [5.41, 5.74) is 0. The molecule has 1 aliphatic heterocycles. The van der Waals surface area contributed by atoms with E-state index in [4.69, 9.17) is 10.00 Å². The third kappa shape index (κ3) is 4.56. The van der Waals surface area contributed by atoms with Gasteiger partial charge < -0.3 is 10.1 Å².